The highest BCUT2D eigenvalue weighted by molar-refractivity contribution is 5.92. The van der Waals surface area contributed by atoms with Crippen molar-refractivity contribution in [2.24, 2.45) is 0 Å². The van der Waals surface area contributed by atoms with Crippen molar-refractivity contribution < 1.29 is 9.53 Å². The molecule has 0 aromatic carbocycles. The summed E-state index contributed by atoms with van der Waals surface area (Å²) in [6.07, 6.45) is 2.24. The number of rotatable bonds is 3. The molecule has 0 aliphatic heterocycles. The molecule has 1 amide bonds. The Morgan fingerprint density at radius 1 is 1.53 bits per heavy atom. The molecule has 17 heavy (non-hydrogen) atoms. The van der Waals surface area contributed by atoms with Crippen molar-refractivity contribution in [1.82, 2.24) is 9.88 Å². The Morgan fingerprint density at radius 2 is 2.24 bits per heavy atom. The molecule has 88 valence electrons. The number of carbonyl (C=O) groups is 1. The quantitative estimate of drug-likeness (QED) is 0.783. The van der Waals surface area contributed by atoms with Gasteiger partial charge in [0, 0.05) is 14.1 Å². The summed E-state index contributed by atoms with van der Waals surface area (Å²) in [5, 5.41) is 8.98. The number of pyridine rings is 1. The smallest absolute Gasteiger partial charge is 0.271 e. The highest BCUT2D eigenvalue weighted by Gasteiger charge is 2.25. The fraction of sp³-hybridized carbons (Fsp3) is 0.417. The van der Waals surface area contributed by atoms with Gasteiger partial charge in [0.25, 0.3) is 5.91 Å². The van der Waals surface area contributed by atoms with Crippen LogP contribution in [-0.4, -0.2) is 36.0 Å². The van der Waals surface area contributed by atoms with Gasteiger partial charge in [0.2, 0.25) is 0 Å². The zero-order valence-corrected chi connectivity index (χ0v) is 9.80. The first kappa shape index (κ1) is 11.4. The van der Waals surface area contributed by atoms with E-state index in [0.717, 1.165) is 12.8 Å². The lowest BCUT2D eigenvalue weighted by molar-refractivity contribution is 0.0822. The van der Waals surface area contributed by atoms with Crippen molar-refractivity contribution in [2.45, 2.75) is 18.9 Å². The fourth-order valence-corrected chi connectivity index (χ4v) is 1.34. The van der Waals surface area contributed by atoms with Gasteiger partial charge in [-0.25, -0.2) is 4.98 Å². The predicted octanol–water partition coefficient (Wildman–Crippen LogP) is 1.20. The minimum Gasteiger partial charge on any atom is -0.487 e. The van der Waals surface area contributed by atoms with Crippen molar-refractivity contribution in [1.29, 1.82) is 5.26 Å². The molecule has 1 heterocycles. The van der Waals surface area contributed by atoms with E-state index in [0.29, 0.717) is 5.75 Å². The van der Waals surface area contributed by atoms with Crippen LogP contribution in [-0.2, 0) is 0 Å². The van der Waals surface area contributed by atoms with Crippen LogP contribution in [0.15, 0.2) is 12.1 Å². The van der Waals surface area contributed by atoms with Crippen LogP contribution >= 0.6 is 0 Å². The maximum absolute atomic E-state index is 11.7. The van der Waals surface area contributed by atoms with Gasteiger partial charge in [0.1, 0.15) is 11.8 Å². The van der Waals surface area contributed by atoms with Gasteiger partial charge in [-0.15, -0.1) is 0 Å². The molecule has 0 atom stereocenters. The minimum absolute atomic E-state index is 0.171. The molecule has 0 N–H and O–H groups in total. The van der Waals surface area contributed by atoms with E-state index in [1.165, 1.54) is 4.90 Å². The zero-order valence-electron chi connectivity index (χ0n) is 9.80. The van der Waals surface area contributed by atoms with Crippen LogP contribution in [0.1, 0.15) is 29.0 Å². The summed E-state index contributed by atoms with van der Waals surface area (Å²) in [4.78, 5) is 17.1. The molecule has 2 rings (SSSR count). The molecule has 1 aliphatic rings. The number of aromatic nitrogens is 1. The van der Waals surface area contributed by atoms with Gasteiger partial charge in [-0.2, -0.15) is 5.26 Å². The van der Waals surface area contributed by atoms with E-state index >= 15 is 0 Å². The molecule has 1 aromatic rings. The van der Waals surface area contributed by atoms with E-state index in [9.17, 15) is 4.79 Å². The SMILES string of the molecule is CN(C)C(=O)c1ccc(OC2CC2)c(C#N)n1. The lowest BCUT2D eigenvalue weighted by atomic mass is 10.2. The largest absolute Gasteiger partial charge is 0.487 e. The summed E-state index contributed by atoms with van der Waals surface area (Å²) < 4.78 is 5.53. The number of nitrogens with zero attached hydrogens (tertiary/aromatic N) is 3. The molecule has 1 saturated carbocycles. The van der Waals surface area contributed by atoms with Crippen molar-refractivity contribution in [3.05, 3.63) is 23.5 Å². The summed E-state index contributed by atoms with van der Waals surface area (Å²) in [5.74, 6) is 0.241. The molecule has 1 aliphatic carbocycles. The summed E-state index contributed by atoms with van der Waals surface area (Å²) in [6, 6.07) is 5.18. The summed E-state index contributed by atoms with van der Waals surface area (Å²) in [5.41, 5.74) is 0.430. The van der Waals surface area contributed by atoms with E-state index in [1.54, 1.807) is 26.2 Å². The second-order valence-electron chi connectivity index (χ2n) is 4.17. The average Bonchev–Trinajstić information content (AvgIpc) is 3.12. The summed E-state index contributed by atoms with van der Waals surface area (Å²) >= 11 is 0. The molecule has 0 unspecified atom stereocenters. The molecule has 1 fully saturated rings. The number of ether oxygens (including phenoxy) is 1. The third-order valence-electron chi connectivity index (χ3n) is 2.41. The normalized spacial score (nSPS) is 13.9. The highest BCUT2D eigenvalue weighted by atomic mass is 16.5. The average molecular weight is 231 g/mol. The molecule has 1 aromatic heterocycles. The molecular weight excluding hydrogens is 218 g/mol. The maximum Gasteiger partial charge on any atom is 0.271 e. The standard InChI is InChI=1S/C12H13N3O2/c1-15(2)12(16)9-5-6-11(10(7-13)14-9)17-8-3-4-8/h5-6,8H,3-4H2,1-2H3. The van der Waals surface area contributed by atoms with Gasteiger partial charge >= 0.3 is 0 Å². The lowest BCUT2D eigenvalue weighted by Gasteiger charge is -2.11. The van der Waals surface area contributed by atoms with E-state index < -0.39 is 0 Å². The van der Waals surface area contributed by atoms with Crippen LogP contribution < -0.4 is 4.74 Å². The first-order valence-corrected chi connectivity index (χ1v) is 5.41. The van der Waals surface area contributed by atoms with Crippen molar-refractivity contribution in [2.75, 3.05) is 14.1 Å². The Kier molecular flexibility index (Phi) is 2.96. The molecule has 5 heteroatoms. The van der Waals surface area contributed by atoms with Crippen LogP contribution in [0, 0.1) is 11.3 Å². The van der Waals surface area contributed by atoms with Gasteiger partial charge in [-0.1, -0.05) is 0 Å². The van der Waals surface area contributed by atoms with Crippen molar-refractivity contribution >= 4 is 5.91 Å². The van der Waals surface area contributed by atoms with Crippen molar-refractivity contribution in [3.8, 4) is 11.8 Å². The first-order chi connectivity index (χ1) is 8.11. The van der Waals surface area contributed by atoms with Gasteiger partial charge in [-0.3, -0.25) is 4.79 Å². The third kappa shape index (κ3) is 2.53. The fourth-order valence-electron chi connectivity index (χ4n) is 1.34. The number of hydrogen-bond acceptors (Lipinski definition) is 4. The van der Waals surface area contributed by atoms with Crippen molar-refractivity contribution in [3.63, 3.8) is 0 Å². The molecule has 0 spiro atoms. The minimum atomic E-state index is -0.223. The number of hydrogen-bond donors (Lipinski definition) is 0. The molecule has 5 nitrogen and oxygen atoms in total. The third-order valence-corrected chi connectivity index (χ3v) is 2.41. The Hall–Kier alpha value is -2.09. The van der Waals surface area contributed by atoms with Gasteiger partial charge < -0.3 is 9.64 Å². The van der Waals surface area contributed by atoms with Gasteiger partial charge in [0.05, 0.1) is 6.10 Å². The molecule has 0 bridgehead atoms. The van der Waals surface area contributed by atoms with Crippen LogP contribution in [0.2, 0.25) is 0 Å². The Labute approximate surface area is 99.6 Å². The van der Waals surface area contributed by atoms with E-state index in [2.05, 4.69) is 4.98 Å². The van der Waals surface area contributed by atoms with Gasteiger partial charge in [-0.05, 0) is 25.0 Å². The highest BCUT2D eigenvalue weighted by Crippen LogP contribution is 2.28. The Morgan fingerprint density at radius 3 is 2.76 bits per heavy atom. The topological polar surface area (TPSA) is 66.2 Å². The maximum atomic E-state index is 11.7. The van der Waals surface area contributed by atoms with Gasteiger partial charge in [0.15, 0.2) is 11.4 Å². The van der Waals surface area contributed by atoms with E-state index in [-0.39, 0.29) is 23.4 Å². The predicted molar refractivity (Wildman–Crippen MR) is 60.6 cm³/mol. The van der Waals surface area contributed by atoms with Crippen LogP contribution in [0.3, 0.4) is 0 Å². The first-order valence-electron chi connectivity index (χ1n) is 5.41. The summed E-state index contributed by atoms with van der Waals surface area (Å²) in [7, 11) is 3.29. The van der Waals surface area contributed by atoms with Crippen LogP contribution in [0.5, 0.6) is 5.75 Å². The second kappa shape index (κ2) is 4.42. The Balaban J connectivity index is 2.27. The van der Waals surface area contributed by atoms with Crippen LogP contribution in [0.4, 0.5) is 0 Å². The number of nitriles is 1. The van der Waals surface area contributed by atoms with E-state index in [4.69, 9.17) is 10.00 Å². The molecule has 0 radical (unpaired) electrons. The zero-order chi connectivity index (χ0) is 12.4. The Bertz CT molecular complexity index is 487. The molecule has 0 saturated heterocycles. The second-order valence-corrected chi connectivity index (χ2v) is 4.17. The summed E-state index contributed by atoms with van der Waals surface area (Å²) in [6.45, 7) is 0. The number of amides is 1. The molecular formula is C12H13N3O2. The van der Waals surface area contributed by atoms with Crippen LogP contribution in [0.25, 0.3) is 0 Å². The van der Waals surface area contributed by atoms with E-state index in [1.807, 2.05) is 6.07 Å². The number of carbonyl (C=O) groups excluding carboxylic acids is 1. The monoisotopic (exact) mass is 231 g/mol. The lowest BCUT2D eigenvalue weighted by Crippen LogP contribution is -2.23.